The number of nitrogens with one attached hydrogen (secondary N) is 2. The normalized spacial score (nSPS) is 12.1. The summed E-state index contributed by atoms with van der Waals surface area (Å²) in [6, 6.07) is 17.5. The second-order valence-corrected chi connectivity index (χ2v) is 8.43. The van der Waals surface area contributed by atoms with Gasteiger partial charge in [0.15, 0.2) is 6.10 Å². The Hall–Kier alpha value is -3.10. The van der Waals surface area contributed by atoms with Crippen molar-refractivity contribution in [3.8, 4) is 5.75 Å². The minimum absolute atomic E-state index is 0.0748. The molecule has 0 fully saturated rings. The molecule has 3 aromatic rings. The number of halogens is 2. The van der Waals surface area contributed by atoms with Gasteiger partial charge in [-0.25, -0.2) is 12.8 Å². The van der Waals surface area contributed by atoms with Crippen molar-refractivity contribution in [2.24, 2.45) is 0 Å². The molecular weight excluding hydrogens is 431 g/mol. The molecule has 6 nitrogen and oxygen atoms in total. The van der Waals surface area contributed by atoms with Crippen LogP contribution in [0.25, 0.3) is 0 Å². The maximum atomic E-state index is 13.7. The fourth-order valence-corrected chi connectivity index (χ4v) is 3.67. The van der Waals surface area contributed by atoms with Crippen LogP contribution in [0.3, 0.4) is 0 Å². The van der Waals surface area contributed by atoms with Crippen LogP contribution in [0, 0.1) is 5.82 Å². The number of sulfonamides is 1. The van der Waals surface area contributed by atoms with Gasteiger partial charge >= 0.3 is 0 Å². The van der Waals surface area contributed by atoms with E-state index in [2.05, 4.69) is 10.0 Å². The van der Waals surface area contributed by atoms with Crippen LogP contribution in [0.15, 0.2) is 77.7 Å². The summed E-state index contributed by atoms with van der Waals surface area (Å²) in [5.74, 6) is -0.604. The molecule has 3 rings (SSSR count). The molecule has 0 radical (unpaired) electrons. The van der Waals surface area contributed by atoms with E-state index >= 15 is 0 Å². The third-order valence-electron chi connectivity index (χ3n) is 4.05. The lowest BCUT2D eigenvalue weighted by atomic mass is 10.3. The maximum Gasteiger partial charge on any atom is 0.265 e. The van der Waals surface area contributed by atoms with Crippen LogP contribution in [0.4, 0.5) is 15.8 Å². The van der Waals surface area contributed by atoms with Gasteiger partial charge in [0.05, 0.1) is 10.6 Å². The first-order chi connectivity index (χ1) is 14.2. The average Bonchev–Trinajstić information content (AvgIpc) is 2.71. The van der Waals surface area contributed by atoms with Crippen molar-refractivity contribution < 1.29 is 22.3 Å². The lowest BCUT2D eigenvalue weighted by Crippen LogP contribution is -2.30. The highest BCUT2D eigenvalue weighted by Crippen LogP contribution is 2.21. The summed E-state index contributed by atoms with van der Waals surface area (Å²) in [6.07, 6.45) is -0.794. The molecular formula is C21H18ClFN2O4S. The number of ether oxygens (including phenoxy) is 1. The number of hydrogen-bond acceptors (Lipinski definition) is 4. The van der Waals surface area contributed by atoms with Crippen molar-refractivity contribution in [1.29, 1.82) is 0 Å². The summed E-state index contributed by atoms with van der Waals surface area (Å²) < 4.78 is 46.3. The minimum atomic E-state index is -3.98. The van der Waals surface area contributed by atoms with Gasteiger partial charge in [-0.1, -0.05) is 23.7 Å². The second kappa shape index (κ2) is 9.15. The Balaban J connectivity index is 1.64. The predicted octanol–water partition coefficient (Wildman–Crippen LogP) is 4.69. The van der Waals surface area contributed by atoms with Crippen molar-refractivity contribution in [1.82, 2.24) is 0 Å². The van der Waals surface area contributed by atoms with Gasteiger partial charge in [-0.05, 0) is 67.6 Å². The van der Waals surface area contributed by atoms with E-state index in [0.717, 1.165) is 6.07 Å². The number of rotatable bonds is 7. The molecule has 156 valence electrons. The van der Waals surface area contributed by atoms with Crippen LogP contribution in [0.1, 0.15) is 6.92 Å². The highest BCUT2D eigenvalue weighted by atomic mass is 35.5. The van der Waals surface area contributed by atoms with Crippen LogP contribution < -0.4 is 14.8 Å². The molecule has 2 N–H and O–H groups in total. The van der Waals surface area contributed by atoms with Gasteiger partial charge in [-0.15, -0.1) is 0 Å². The lowest BCUT2D eigenvalue weighted by Gasteiger charge is -2.15. The fourth-order valence-electron chi connectivity index (χ4n) is 2.48. The summed E-state index contributed by atoms with van der Waals surface area (Å²) in [5, 5.41) is 3.20. The standard InChI is InChI=1S/C21H18ClFN2O4S/c1-14(29-17-10-6-15(22)7-11-17)21(26)24-16-8-12-18(13-9-16)30(27,28)25-20-5-3-2-4-19(20)23/h2-14,25H,1H3,(H,24,26)/t14-/m1/s1. The Morgan fingerprint density at radius 1 is 1.00 bits per heavy atom. The Bertz CT molecular complexity index is 1140. The van der Waals surface area contributed by atoms with Gasteiger partial charge < -0.3 is 10.1 Å². The van der Waals surface area contributed by atoms with E-state index in [9.17, 15) is 17.6 Å². The van der Waals surface area contributed by atoms with Gasteiger partial charge in [-0.2, -0.15) is 0 Å². The summed E-state index contributed by atoms with van der Waals surface area (Å²) in [5.41, 5.74) is 0.236. The van der Waals surface area contributed by atoms with Crippen molar-refractivity contribution in [3.05, 3.63) is 83.6 Å². The molecule has 1 amide bonds. The van der Waals surface area contributed by atoms with Crippen LogP contribution in [-0.4, -0.2) is 20.4 Å². The molecule has 0 aromatic heterocycles. The van der Waals surface area contributed by atoms with E-state index in [0.29, 0.717) is 16.5 Å². The Labute approximate surface area is 178 Å². The first-order valence-corrected chi connectivity index (χ1v) is 10.7. The minimum Gasteiger partial charge on any atom is -0.481 e. The van der Waals surface area contributed by atoms with Crippen molar-refractivity contribution in [2.75, 3.05) is 10.0 Å². The van der Waals surface area contributed by atoms with Crippen molar-refractivity contribution in [3.63, 3.8) is 0 Å². The summed E-state index contributed by atoms with van der Waals surface area (Å²) in [6.45, 7) is 1.58. The summed E-state index contributed by atoms with van der Waals surface area (Å²) in [4.78, 5) is 12.2. The number of para-hydroxylation sites is 1. The molecule has 30 heavy (non-hydrogen) atoms. The molecule has 9 heteroatoms. The largest absolute Gasteiger partial charge is 0.481 e. The number of carbonyl (C=O) groups is 1. The first-order valence-electron chi connectivity index (χ1n) is 8.85. The van der Waals surface area contributed by atoms with Gasteiger partial charge in [0, 0.05) is 10.7 Å². The highest BCUT2D eigenvalue weighted by molar-refractivity contribution is 7.92. The fraction of sp³-hybridized carbons (Fsp3) is 0.0952. The zero-order chi connectivity index (χ0) is 21.7. The van der Waals surface area contributed by atoms with Crippen LogP contribution >= 0.6 is 11.6 Å². The average molecular weight is 449 g/mol. The smallest absolute Gasteiger partial charge is 0.265 e. The molecule has 1 atom stereocenters. The van der Waals surface area contributed by atoms with E-state index in [1.54, 1.807) is 31.2 Å². The molecule has 3 aromatic carbocycles. The molecule has 0 aliphatic rings. The van der Waals surface area contributed by atoms with Gasteiger partial charge in [-0.3, -0.25) is 9.52 Å². The van der Waals surface area contributed by atoms with Crippen LogP contribution in [-0.2, 0) is 14.8 Å². The molecule has 0 saturated heterocycles. The molecule has 0 aliphatic heterocycles. The number of carbonyl (C=O) groups excluding carboxylic acids is 1. The Morgan fingerprint density at radius 2 is 1.63 bits per heavy atom. The third-order valence-corrected chi connectivity index (χ3v) is 5.68. The zero-order valence-corrected chi connectivity index (χ0v) is 17.4. The van der Waals surface area contributed by atoms with Crippen molar-refractivity contribution in [2.45, 2.75) is 17.9 Å². The van der Waals surface area contributed by atoms with Gasteiger partial charge in [0.25, 0.3) is 15.9 Å². The number of amides is 1. The molecule has 0 aliphatic carbocycles. The van der Waals surface area contributed by atoms with Crippen LogP contribution in [0.2, 0.25) is 5.02 Å². The summed E-state index contributed by atoms with van der Waals surface area (Å²) in [7, 11) is -3.98. The number of hydrogen-bond donors (Lipinski definition) is 2. The maximum absolute atomic E-state index is 13.7. The predicted molar refractivity (Wildman–Crippen MR) is 114 cm³/mol. The number of benzene rings is 3. The highest BCUT2D eigenvalue weighted by Gasteiger charge is 2.18. The summed E-state index contributed by atoms with van der Waals surface area (Å²) >= 11 is 5.82. The second-order valence-electron chi connectivity index (χ2n) is 6.31. The van der Waals surface area contributed by atoms with Gasteiger partial charge in [0.1, 0.15) is 11.6 Å². The van der Waals surface area contributed by atoms with E-state index in [1.807, 2.05) is 0 Å². The molecule has 0 bridgehead atoms. The van der Waals surface area contributed by atoms with Crippen LogP contribution in [0.5, 0.6) is 5.75 Å². The van der Waals surface area contributed by atoms with Gasteiger partial charge in [0.2, 0.25) is 0 Å². The molecule has 0 heterocycles. The Kier molecular flexibility index (Phi) is 6.59. The Morgan fingerprint density at radius 3 is 2.27 bits per heavy atom. The lowest BCUT2D eigenvalue weighted by molar-refractivity contribution is -0.122. The molecule has 0 unspecified atom stereocenters. The third kappa shape index (κ3) is 5.49. The van der Waals surface area contributed by atoms with E-state index < -0.39 is 27.9 Å². The SMILES string of the molecule is C[C@@H](Oc1ccc(Cl)cc1)C(=O)Nc1ccc(S(=O)(=O)Nc2ccccc2F)cc1. The quantitative estimate of drug-likeness (QED) is 0.549. The topological polar surface area (TPSA) is 84.5 Å². The molecule has 0 spiro atoms. The monoisotopic (exact) mass is 448 g/mol. The van der Waals surface area contributed by atoms with E-state index in [-0.39, 0.29) is 10.6 Å². The van der Waals surface area contributed by atoms with E-state index in [1.165, 1.54) is 42.5 Å². The molecule has 0 saturated carbocycles. The van der Waals surface area contributed by atoms with E-state index in [4.69, 9.17) is 16.3 Å². The zero-order valence-electron chi connectivity index (χ0n) is 15.8. The number of anilines is 2. The van der Waals surface area contributed by atoms with Crippen molar-refractivity contribution >= 4 is 38.9 Å². The first kappa shape index (κ1) is 21.6.